The molecular weight excluding hydrogens is 254 g/mol. The lowest BCUT2D eigenvalue weighted by Crippen LogP contribution is -2.27. The Labute approximate surface area is 109 Å². The summed E-state index contributed by atoms with van der Waals surface area (Å²) in [5, 5.41) is 11.1. The number of hydrogen-bond acceptors (Lipinski definition) is 6. The molecule has 1 amide bonds. The lowest BCUT2D eigenvalue weighted by atomic mass is 10.2. The van der Waals surface area contributed by atoms with Gasteiger partial charge in [-0.3, -0.25) is 5.32 Å². The van der Waals surface area contributed by atoms with Gasteiger partial charge in [-0.2, -0.15) is 0 Å². The highest BCUT2D eigenvalue weighted by molar-refractivity contribution is 5.87. The lowest BCUT2D eigenvalue weighted by molar-refractivity contribution is 0.0633. The molecule has 1 aromatic rings. The third kappa shape index (κ3) is 4.41. The summed E-state index contributed by atoms with van der Waals surface area (Å²) in [6.45, 7) is 5.13. The number of carbonyl (C=O) groups excluding carboxylic acids is 1. The summed E-state index contributed by atoms with van der Waals surface area (Å²) in [5.41, 5.74) is -0.947. The van der Waals surface area contributed by atoms with Gasteiger partial charge in [-0.15, -0.1) is 0 Å². The fraction of sp³-hybridized carbons (Fsp3) is 0.455. The van der Waals surface area contributed by atoms with Crippen LogP contribution in [0.25, 0.3) is 0 Å². The van der Waals surface area contributed by atoms with E-state index >= 15 is 0 Å². The number of carboxylic acids is 1. The molecule has 0 saturated heterocycles. The van der Waals surface area contributed by atoms with Gasteiger partial charge in [-0.25, -0.2) is 19.6 Å². The van der Waals surface area contributed by atoms with Gasteiger partial charge in [0.2, 0.25) is 0 Å². The van der Waals surface area contributed by atoms with Crippen LogP contribution in [0, 0.1) is 0 Å². The quantitative estimate of drug-likeness (QED) is 0.855. The molecule has 0 aliphatic heterocycles. The molecule has 0 saturated carbocycles. The number of anilines is 1. The van der Waals surface area contributed by atoms with Crippen LogP contribution in [-0.4, -0.2) is 39.8 Å². The highest BCUT2D eigenvalue weighted by atomic mass is 16.6. The van der Waals surface area contributed by atoms with Crippen molar-refractivity contribution >= 4 is 17.9 Å². The fourth-order valence-electron chi connectivity index (χ4n) is 1.10. The second kappa shape index (κ2) is 5.51. The number of carbonyl (C=O) groups is 2. The molecule has 0 spiro atoms. The van der Waals surface area contributed by atoms with E-state index in [1.807, 2.05) is 0 Å². The van der Waals surface area contributed by atoms with Crippen LogP contribution in [0.2, 0.25) is 0 Å². The molecule has 1 heterocycles. The van der Waals surface area contributed by atoms with E-state index in [-0.39, 0.29) is 17.4 Å². The van der Waals surface area contributed by atoms with Crippen molar-refractivity contribution in [1.29, 1.82) is 0 Å². The van der Waals surface area contributed by atoms with E-state index in [1.165, 1.54) is 7.11 Å². The molecule has 19 heavy (non-hydrogen) atoms. The zero-order valence-corrected chi connectivity index (χ0v) is 11.1. The molecule has 104 valence electrons. The first-order chi connectivity index (χ1) is 8.73. The van der Waals surface area contributed by atoms with Gasteiger partial charge >= 0.3 is 12.1 Å². The number of rotatable bonds is 3. The number of nitrogens with zero attached hydrogens (tertiary/aromatic N) is 2. The molecule has 8 heteroatoms. The Kier molecular flexibility index (Phi) is 4.26. The van der Waals surface area contributed by atoms with Crippen molar-refractivity contribution in [2.75, 3.05) is 12.4 Å². The molecule has 0 radical (unpaired) electrons. The molecule has 0 aliphatic rings. The second-order valence-corrected chi connectivity index (χ2v) is 4.55. The Morgan fingerprint density at radius 3 is 2.47 bits per heavy atom. The first-order valence-electron chi connectivity index (χ1n) is 5.37. The maximum atomic E-state index is 11.5. The summed E-state index contributed by atoms with van der Waals surface area (Å²) >= 11 is 0. The Morgan fingerprint density at radius 2 is 2.00 bits per heavy atom. The minimum absolute atomic E-state index is 0.0123. The van der Waals surface area contributed by atoms with Crippen LogP contribution in [-0.2, 0) is 4.74 Å². The van der Waals surface area contributed by atoms with Crippen molar-refractivity contribution < 1.29 is 24.2 Å². The summed E-state index contributed by atoms with van der Waals surface area (Å²) < 4.78 is 9.89. The highest BCUT2D eigenvalue weighted by Crippen LogP contribution is 2.19. The van der Waals surface area contributed by atoms with Crippen molar-refractivity contribution in [2.45, 2.75) is 26.4 Å². The van der Waals surface area contributed by atoms with Crippen LogP contribution in [0.15, 0.2) is 6.20 Å². The zero-order valence-electron chi connectivity index (χ0n) is 11.1. The topological polar surface area (TPSA) is 111 Å². The Bertz CT molecular complexity index is 496. The smallest absolute Gasteiger partial charge is 0.413 e. The fourth-order valence-corrected chi connectivity index (χ4v) is 1.10. The largest absolute Gasteiger partial charge is 0.478 e. The molecule has 0 aromatic carbocycles. The molecular formula is C11H15N3O5. The van der Waals surface area contributed by atoms with Gasteiger partial charge in [0, 0.05) is 0 Å². The van der Waals surface area contributed by atoms with E-state index in [0.29, 0.717) is 0 Å². The van der Waals surface area contributed by atoms with Crippen molar-refractivity contribution in [1.82, 2.24) is 9.97 Å². The van der Waals surface area contributed by atoms with E-state index in [4.69, 9.17) is 14.6 Å². The van der Waals surface area contributed by atoms with Gasteiger partial charge in [-0.05, 0) is 20.8 Å². The van der Waals surface area contributed by atoms with E-state index in [9.17, 15) is 9.59 Å². The monoisotopic (exact) mass is 269 g/mol. The predicted molar refractivity (Wildman–Crippen MR) is 65.4 cm³/mol. The van der Waals surface area contributed by atoms with E-state index in [0.717, 1.165) is 6.20 Å². The summed E-state index contributed by atoms with van der Waals surface area (Å²) in [6.07, 6.45) is 0.278. The minimum atomic E-state index is -1.24. The van der Waals surface area contributed by atoms with Gasteiger partial charge in [0.1, 0.15) is 5.60 Å². The van der Waals surface area contributed by atoms with Crippen LogP contribution in [0.3, 0.4) is 0 Å². The van der Waals surface area contributed by atoms with Crippen molar-refractivity contribution in [3.63, 3.8) is 0 Å². The van der Waals surface area contributed by atoms with Crippen LogP contribution in [0.4, 0.5) is 10.6 Å². The Morgan fingerprint density at radius 1 is 1.37 bits per heavy atom. The van der Waals surface area contributed by atoms with Crippen LogP contribution in [0.1, 0.15) is 31.3 Å². The normalized spacial score (nSPS) is 10.7. The molecule has 0 unspecified atom stereocenters. The maximum Gasteiger partial charge on any atom is 0.413 e. The number of ether oxygens (including phenoxy) is 2. The van der Waals surface area contributed by atoms with E-state index in [2.05, 4.69) is 15.3 Å². The molecule has 2 N–H and O–H groups in total. The molecule has 0 bridgehead atoms. The number of amides is 1. The van der Waals surface area contributed by atoms with Crippen LogP contribution < -0.4 is 10.1 Å². The lowest BCUT2D eigenvalue weighted by Gasteiger charge is -2.19. The number of aromatic carboxylic acids is 1. The van der Waals surface area contributed by atoms with Crippen molar-refractivity contribution in [3.05, 3.63) is 11.9 Å². The van der Waals surface area contributed by atoms with Crippen molar-refractivity contribution in [3.8, 4) is 5.88 Å². The molecule has 0 fully saturated rings. The zero-order chi connectivity index (χ0) is 14.6. The second-order valence-electron chi connectivity index (χ2n) is 4.55. The first-order valence-corrected chi connectivity index (χ1v) is 5.37. The minimum Gasteiger partial charge on any atom is -0.478 e. The average Bonchev–Trinajstić information content (AvgIpc) is 2.26. The van der Waals surface area contributed by atoms with Crippen LogP contribution in [0.5, 0.6) is 5.88 Å². The summed E-state index contributed by atoms with van der Waals surface area (Å²) in [6, 6.07) is 0. The summed E-state index contributed by atoms with van der Waals surface area (Å²) in [5.74, 6) is -1.36. The standard InChI is InChI=1S/C11H15N3O5/c1-11(2,3)19-10(17)14-7-8(18-4)13-6(5-12-7)9(15)16/h5H,1-4H3,(H,15,16)(H,12,14,17). The molecule has 1 rings (SSSR count). The first kappa shape index (κ1) is 14.7. The molecule has 0 atom stereocenters. The average molecular weight is 269 g/mol. The van der Waals surface area contributed by atoms with Crippen LogP contribution >= 0.6 is 0 Å². The van der Waals surface area contributed by atoms with Gasteiger partial charge in [0.25, 0.3) is 5.88 Å². The van der Waals surface area contributed by atoms with Gasteiger partial charge in [0.05, 0.1) is 13.3 Å². The Balaban J connectivity index is 2.89. The van der Waals surface area contributed by atoms with Gasteiger partial charge in [-0.1, -0.05) is 0 Å². The predicted octanol–water partition coefficient (Wildman–Crippen LogP) is 1.53. The molecule has 1 aromatic heterocycles. The van der Waals surface area contributed by atoms with E-state index in [1.54, 1.807) is 20.8 Å². The maximum absolute atomic E-state index is 11.5. The molecule has 0 aliphatic carbocycles. The Hall–Kier alpha value is -2.38. The van der Waals surface area contributed by atoms with Crippen molar-refractivity contribution in [2.24, 2.45) is 0 Å². The summed E-state index contributed by atoms with van der Waals surface area (Å²) in [7, 11) is 1.29. The number of carboxylic acid groups (broad SMARTS) is 1. The molecule has 8 nitrogen and oxygen atoms in total. The summed E-state index contributed by atoms with van der Waals surface area (Å²) in [4.78, 5) is 29.7. The highest BCUT2D eigenvalue weighted by Gasteiger charge is 2.19. The SMILES string of the molecule is COc1nc(C(=O)O)cnc1NC(=O)OC(C)(C)C. The number of methoxy groups -OCH3 is 1. The van der Waals surface area contributed by atoms with Gasteiger partial charge in [0.15, 0.2) is 11.5 Å². The number of nitrogens with one attached hydrogen (secondary N) is 1. The van der Waals surface area contributed by atoms with Gasteiger partial charge < -0.3 is 14.6 Å². The number of aromatic nitrogens is 2. The third-order valence-electron chi connectivity index (χ3n) is 1.77. The third-order valence-corrected chi connectivity index (χ3v) is 1.77. The van der Waals surface area contributed by atoms with E-state index < -0.39 is 17.7 Å². The number of hydrogen-bond donors (Lipinski definition) is 2.